The maximum absolute atomic E-state index is 13.0. The van der Waals surface area contributed by atoms with Crippen molar-refractivity contribution >= 4 is 54.0 Å². The summed E-state index contributed by atoms with van der Waals surface area (Å²) in [6.07, 6.45) is 7.87. The van der Waals surface area contributed by atoms with Gasteiger partial charge in [0.1, 0.15) is 0 Å². The number of aryl methyl sites for hydroxylation is 1. The molecule has 1 fully saturated rings. The minimum Gasteiger partial charge on any atom is -0.358 e. The third-order valence-corrected chi connectivity index (χ3v) is 7.40. The van der Waals surface area contributed by atoms with E-state index in [1.165, 1.54) is 0 Å². The number of amides is 2. The first-order valence-electron chi connectivity index (χ1n) is 13.0. The highest BCUT2D eigenvalue weighted by molar-refractivity contribution is 6.35. The van der Waals surface area contributed by atoms with E-state index in [4.69, 9.17) is 0 Å². The normalized spacial score (nSPS) is 16.7. The van der Waals surface area contributed by atoms with E-state index in [0.29, 0.717) is 23.7 Å². The highest BCUT2D eigenvalue weighted by Crippen LogP contribution is 2.37. The molecule has 2 amide bonds. The molecule has 6 rings (SSSR count). The average molecular weight is 580 g/mol. The molecule has 0 saturated carbocycles. The fraction of sp³-hybridized carbons (Fsp3) is 0.233. The number of hydrogen-bond acceptors (Lipinski definition) is 4. The summed E-state index contributed by atoms with van der Waals surface area (Å²) in [7, 11) is 0. The highest BCUT2D eigenvalue weighted by atomic mass is 35.5. The lowest BCUT2D eigenvalue weighted by Crippen LogP contribution is -2.37. The van der Waals surface area contributed by atoms with Crippen LogP contribution in [0.25, 0.3) is 28.5 Å². The van der Waals surface area contributed by atoms with Gasteiger partial charge < -0.3 is 20.9 Å². The standard InChI is InChI=1S/C30H30N6O2.2ClH/c1-18-27(34-19(2)28(18)30(38)32-16-22-7-6-12-31-22)14-25-24-13-20(10-11-26(24)35-29(25)37)21-15-33-36(17-21)23-8-4-3-5-9-23;;/h3-5,8-11,13-15,17,22,31,34H,6-7,12,16H2,1-2H3,(H,32,38)(H,35,37);2*1H/b25-14-;;/t22-;;/m1../s1. The monoisotopic (exact) mass is 578 g/mol. The number of rotatable bonds is 6. The Bertz CT molecular complexity index is 1570. The number of para-hydroxylation sites is 1. The Morgan fingerprint density at radius 2 is 1.93 bits per heavy atom. The van der Waals surface area contributed by atoms with Gasteiger partial charge in [0.25, 0.3) is 11.8 Å². The van der Waals surface area contributed by atoms with Gasteiger partial charge >= 0.3 is 0 Å². The average Bonchev–Trinajstić information content (AvgIpc) is 3.72. The summed E-state index contributed by atoms with van der Waals surface area (Å²) in [5.74, 6) is -0.259. The molecule has 1 atom stereocenters. The molecule has 208 valence electrons. The van der Waals surface area contributed by atoms with Crippen LogP contribution in [0.3, 0.4) is 0 Å². The molecule has 4 aromatic rings. The fourth-order valence-electron chi connectivity index (χ4n) is 5.34. The number of carbonyl (C=O) groups excluding carboxylic acids is 2. The summed E-state index contributed by atoms with van der Waals surface area (Å²) in [6, 6.07) is 16.2. The Balaban J connectivity index is 0.00000185. The van der Waals surface area contributed by atoms with Gasteiger partial charge in [0.2, 0.25) is 0 Å². The van der Waals surface area contributed by atoms with Gasteiger partial charge in [-0.3, -0.25) is 9.59 Å². The smallest absolute Gasteiger partial charge is 0.256 e. The summed E-state index contributed by atoms with van der Waals surface area (Å²) in [6.45, 7) is 5.42. The minimum absolute atomic E-state index is 0. The van der Waals surface area contributed by atoms with E-state index in [1.54, 1.807) is 0 Å². The van der Waals surface area contributed by atoms with E-state index >= 15 is 0 Å². The molecule has 4 heterocycles. The zero-order valence-corrected chi connectivity index (χ0v) is 23.9. The molecule has 0 radical (unpaired) electrons. The number of halogens is 2. The van der Waals surface area contributed by atoms with Crippen LogP contribution in [0.4, 0.5) is 5.69 Å². The van der Waals surface area contributed by atoms with E-state index in [0.717, 1.165) is 64.4 Å². The van der Waals surface area contributed by atoms with E-state index in [1.807, 2.05) is 85.5 Å². The second-order valence-electron chi connectivity index (χ2n) is 9.95. The van der Waals surface area contributed by atoms with E-state index in [2.05, 4.69) is 26.0 Å². The molecule has 2 aromatic carbocycles. The van der Waals surface area contributed by atoms with Crippen LogP contribution in [0.1, 0.15) is 45.7 Å². The van der Waals surface area contributed by atoms with Gasteiger partial charge in [-0.15, -0.1) is 24.8 Å². The zero-order valence-electron chi connectivity index (χ0n) is 22.3. The van der Waals surface area contributed by atoms with E-state index in [9.17, 15) is 9.59 Å². The van der Waals surface area contributed by atoms with Crippen LogP contribution >= 0.6 is 24.8 Å². The number of aromatic nitrogens is 3. The lowest BCUT2D eigenvalue weighted by Gasteiger charge is -2.11. The van der Waals surface area contributed by atoms with E-state index in [-0.39, 0.29) is 36.6 Å². The van der Waals surface area contributed by atoms with Crippen LogP contribution in [0.15, 0.2) is 60.9 Å². The Morgan fingerprint density at radius 3 is 2.67 bits per heavy atom. The van der Waals surface area contributed by atoms with Crippen molar-refractivity contribution in [1.29, 1.82) is 0 Å². The van der Waals surface area contributed by atoms with Crippen molar-refractivity contribution in [1.82, 2.24) is 25.4 Å². The Hall–Kier alpha value is -3.85. The first kappa shape index (κ1) is 29.1. The number of hydrogen-bond donors (Lipinski definition) is 4. The Kier molecular flexibility index (Phi) is 8.83. The Labute approximate surface area is 245 Å². The van der Waals surface area contributed by atoms with Gasteiger partial charge in [-0.05, 0) is 74.7 Å². The molecule has 2 aliphatic heterocycles. The van der Waals surface area contributed by atoms with Gasteiger partial charge in [-0.1, -0.05) is 24.3 Å². The third kappa shape index (κ3) is 5.56. The highest BCUT2D eigenvalue weighted by Gasteiger charge is 2.26. The molecule has 0 spiro atoms. The summed E-state index contributed by atoms with van der Waals surface area (Å²) in [5.41, 5.74) is 8.06. The third-order valence-electron chi connectivity index (χ3n) is 7.40. The largest absolute Gasteiger partial charge is 0.358 e. The maximum atomic E-state index is 13.0. The van der Waals surface area contributed by atoms with Crippen molar-refractivity contribution in [3.05, 3.63) is 89.0 Å². The van der Waals surface area contributed by atoms with Crippen molar-refractivity contribution in [3.63, 3.8) is 0 Å². The van der Waals surface area contributed by atoms with Gasteiger partial charge in [0.05, 0.1) is 23.0 Å². The molecule has 4 N–H and O–H groups in total. The van der Waals surface area contributed by atoms with Crippen molar-refractivity contribution in [2.45, 2.75) is 32.7 Å². The fourth-order valence-corrected chi connectivity index (χ4v) is 5.34. The number of nitrogens with one attached hydrogen (secondary N) is 4. The zero-order chi connectivity index (χ0) is 26.2. The SMILES string of the molecule is Cc1[nH]c(/C=C2\C(=O)Nc3ccc(-c4cnn(-c5ccccc5)c4)cc32)c(C)c1C(=O)NC[C@H]1CCCN1.Cl.Cl. The van der Waals surface area contributed by atoms with Crippen molar-refractivity contribution < 1.29 is 9.59 Å². The van der Waals surface area contributed by atoms with Crippen LogP contribution < -0.4 is 16.0 Å². The minimum atomic E-state index is -0.165. The number of aromatic amines is 1. The number of anilines is 1. The topological polar surface area (TPSA) is 104 Å². The number of fused-ring (bicyclic) bond motifs is 1. The summed E-state index contributed by atoms with van der Waals surface area (Å²) >= 11 is 0. The van der Waals surface area contributed by atoms with E-state index < -0.39 is 0 Å². The van der Waals surface area contributed by atoms with Crippen molar-refractivity contribution in [3.8, 4) is 16.8 Å². The number of H-pyrrole nitrogens is 1. The molecule has 1 saturated heterocycles. The summed E-state index contributed by atoms with van der Waals surface area (Å²) < 4.78 is 1.84. The maximum Gasteiger partial charge on any atom is 0.256 e. The molecular weight excluding hydrogens is 547 g/mol. The molecular formula is C30H32Cl2N6O2. The van der Waals surface area contributed by atoms with Crippen LogP contribution in [-0.2, 0) is 4.79 Å². The molecule has 0 aliphatic carbocycles. The predicted molar refractivity (Wildman–Crippen MR) is 164 cm³/mol. The van der Waals surface area contributed by atoms with Gasteiger partial charge in [-0.2, -0.15) is 5.10 Å². The molecule has 2 aromatic heterocycles. The molecule has 0 bridgehead atoms. The molecule has 0 unspecified atom stereocenters. The Morgan fingerprint density at radius 1 is 1.12 bits per heavy atom. The lowest BCUT2D eigenvalue weighted by molar-refractivity contribution is -0.110. The molecule has 8 nitrogen and oxygen atoms in total. The van der Waals surface area contributed by atoms with Gasteiger partial charge in [0.15, 0.2) is 0 Å². The lowest BCUT2D eigenvalue weighted by atomic mass is 9.99. The summed E-state index contributed by atoms with van der Waals surface area (Å²) in [4.78, 5) is 29.3. The van der Waals surface area contributed by atoms with Crippen LogP contribution in [0, 0.1) is 13.8 Å². The number of benzene rings is 2. The first-order chi connectivity index (χ1) is 18.5. The first-order valence-corrected chi connectivity index (χ1v) is 13.0. The van der Waals surface area contributed by atoms with Crippen molar-refractivity contribution in [2.75, 3.05) is 18.4 Å². The number of carbonyl (C=O) groups is 2. The molecule has 2 aliphatic rings. The van der Waals surface area contributed by atoms with Crippen LogP contribution in [0.5, 0.6) is 0 Å². The quantitative estimate of drug-likeness (QED) is 0.233. The molecule has 10 heteroatoms. The van der Waals surface area contributed by atoms with Gasteiger partial charge in [0, 0.05) is 47.0 Å². The number of nitrogens with zero attached hydrogens (tertiary/aromatic N) is 2. The predicted octanol–water partition coefficient (Wildman–Crippen LogP) is 5.30. The summed E-state index contributed by atoms with van der Waals surface area (Å²) in [5, 5.41) is 13.9. The molecule has 40 heavy (non-hydrogen) atoms. The van der Waals surface area contributed by atoms with Crippen molar-refractivity contribution in [2.24, 2.45) is 0 Å². The van der Waals surface area contributed by atoms with Crippen LogP contribution in [-0.4, -0.2) is 45.7 Å². The second-order valence-corrected chi connectivity index (χ2v) is 9.95. The van der Waals surface area contributed by atoms with Gasteiger partial charge in [-0.25, -0.2) is 4.68 Å². The second kappa shape index (κ2) is 12.1. The van der Waals surface area contributed by atoms with Crippen LogP contribution in [0.2, 0.25) is 0 Å².